The monoisotopic (exact) mass is 430 g/mol. The van der Waals surface area contributed by atoms with E-state index < -0.39 is 15.8 Å². The molecule has 0 atom stereocenters. The second-order valence-electron chi connectivity index (χ2n) is 6.12. The molecule has 1 N–H and O–H groups in total. The van der Waals surface area contributed by atoms with Crippen LogP contribution in [0.4, 0.5) is 9.52 Å². The Kier molecular flexibility index (Phi) is 6.45. The van der Waals surface area contributed by atoms with E-state index in [4.69, 9.17) is 0 Å². The summed E-state index contributed by atoms with van der Waals surface area (Å²) in [6.07, 6.45) is 2.78. The van der Waals surface area contributed by atoms with Gasteiger partial charge in [-0.1, -0.05) is 35.2 Å². The lowest BCUT2D eigenvalue weighted by Gasteiger charge is -2.30. The number of nitrogens with zero attached hydrogens (tertiary/aromatic N) is 3. The Hall–Kier alpha value is -1.56. The van der Waals surface area contributed by atoms with Gasteiger partial charge < -0.3 is 5.32 Å². The van der Waals surface area contributed by atoms with Gasteiger partial charge in [-0.15, -0.1) is 10.2 Å². The van der Waals surface area contributed by atoms with Gasteiger partial charge in [0.05, 0.1) is 5.75 Å². The molecule has 0 spiro atoms. The topological polar surface area (TPSA) is 92.3 Å². The van der Waals surface area contributed by atoms with Crippen LogP contribution in [0, 0.1) is 11.7 Å². The van der Waals surface area contributed by atoms with Crippen molar-refractivity contribution in [3.8, 4) is 0 Å². The zero-order valence-corrected chi connectivity index (χ0v) is 17.0. The summed E-state index contributed by atoms with van der Waals surface area (Å²) in [5, 5.41) is 11.0. The Morgan fingerprint density at radius 2 is 1.96 bits per heavy atom. The van der Waals surface area contributed by atoms with Crippen LogP contribution in [0.1, 0.15) is 18.4 Å². The van der Waals surface area contributed by atoms with Crippen molar-refractivity contribution in [1.82, 2.24) is 14.5 Å². The Labute approximate surface area is 165 Å². The van der Waals surface area contributed by atoms with Crippen LogP contribution in [0.2, 0.25) is 0 Å². The molecule has 2 heterocycles. The maximum absolute atomic E-state index is 13.0. The third kappa shape index (κ3) is 5.24. The van der Waals surface area contributed by atoms with Gasteiger partial charge >= 0.3 is 0 Å². The largest absolute Gasteiger partial charge is 0.300 e. The number of halogens is 1. The first-order valence-electron chi connectivity index (χ1n) is 8.28. The summed E-state index contributed by atoms with van der Waals surface area (Å²) >= 11 is 2.76. The number of aromatic nitrogens is 2. The van der Waals surface area contributed by atoms with Gasteiger partial charge in [-0.2, -0.15) is 0 Å². The highest BCUT2D eigenvalue weighted by atomic mass is 32.2. The Bertz CT molecular complexity index is 894. The molecule has 0 saturated carbocycles. The van der Waals surface area contributed by atoms with Crippen LogP contribution in [-0.2, 0) is 20.6 Å². The van der Waals surface area contributed by atoms with Gasteiger partial charge in [0.15, 0.2) is 4.34 Å². The minimum atomic E-state index is -3.50. The molecule has 0 radical (unpaired) electrons. The maximum atomic E-state index is 13.0. The first-order chi connectivity index (χ1) is 12.9. The van der Waals surface area contributed by atoms with E-state index in [0.717, 1.165) is 4.34 Å². The minimum absolute atomic E-state index is 0.158. The second-order valence-corrected chi connectivity index (χ2v) is 10.1. The highest BCUT2D eigenvalue weighted by Crippen LogP contribution is 2.26. The zero-order valence-electron chi connectivity index (χ0n) is 14.6. The van der Waals surface area contributed by atoms with Crippen LogP contribution in [0.15, 0.2) is 28.6 Å². The molecule has 1 aromatic carbocycles. The first kappa shape index (κ1) is 20.2. The molecule has 1 amide bonds. The summed E-state index contributed by atoms with van der Waals surface area (Å²) in [6.45, 7) is 0.571. The van der Waals surface area contributed by atoms with Gasteiger partial charge in [-0.05, 0) is 36.8 Å². The smallest absolute Gasteiger partial charge is 0.229 e. The minimum Gasteiger partial charge on any atom is -0.300 e. The molecule has 1 fully saturated rings. The zero-order chi connectivity index (χ0) is 19.4. The van der Waals surface area contributed by atoms with Crippen molar-refractivity contribution in [2.75, 3.05) is 24.7 Å². The van der Waals surface area contributed by atoms with E-state index in [1.54, 1.807) is 0 Å². The number of amides is 1. The summed E-state index contributed by atoms with van der Waals surface area (Å²) in [6, 6.07) is 5.44. The molecule has 146 valence electrons. The van der Waals surface area contributed by atoms with E-state index in [2.05, 4.69) is 15.5 Å². The number of anilines is 1. The van der Waals surface area contributed by atoms with Crippen molar-refractivity contribution < 1.29 is 17.6 Å². The fourth-order valence-corrected chi connectivity index (χ4v) is 5.57. The summed E-state index contributed by atoms with van der Waals surface area (Å²) < 4.78 is 40.2. The van der Waals surface area contributed by atoms with Gasteiger partial charge in [0.1, 0.15) is 5.82 Å². The SMILES string of the molecule is CSc1nnc(NC(=O)C2CCN(S(=O)(=O)Cc3ccc(F)cc3)CC2)s1. The van der Waals surface area contributed by atoms with Crippen LogP contribution in [0.25, 0.3) is 0 Å². The van der Waals surface area contributed by atoms with E-state index in [-0.39, 0.29) is 30.7 Å². The van der Waals surface area contributed by atoms with Crippen molar-refractivity contribution >= 4 is 44.2 Å². The number of rotatable bonds is 6. The quantitative estimate of drug-likeness (QED) is 0.559. The number of benzene rings is 1. The number of hydrogen-bond acceptors (Lipinski definition) is 7. The molecular formula is C16H19FN4O3S3. The van der Waals surface area contributed by atoms with E-state index in [1.807, 2.05) is 6.26 Å². The lowest BCUT2D eigenvalue weighted by Crippen LogP contribution is -2.41. The number of carbonyl (C=O) groups is 1. The number of thioether (sulfide) groups is 1. The molecule has 3 rings (SSSR count). The highest BCUT2D eigenvalue weighted by Gasteiger charge is 2.31. The normalized spacial score (nSPS) is 16.4. The van der Waals surface area contributed by atoms with E-state index in [9.17, 15) is 17.6 Å². The van der Waals surface area contributed by atoms with Gasteiger partial charge in [0, 0.05) is 19.0 Å². The van der Waals surface area contributed by atoms with Gasteiger partial charge in [-0.25, -0.2) is 17.1 Å². The number of nitrogens with one attached hydrogen (secondary N) is 1. The fraction of sp³-hybridized carbons (Fsp3) is 0.438. The van der Waals surface area contributed by atoms with Crippen LogP contribution in [0.5, 0.6) is 0 Å². The molecule has 1 aliphatic heterocycles. The summed E-state index contributed by atoms with van der Waals surface area (Å²) in [4.78, 5) is 12.4. The summed E-state index contributed by atoms with van der Waals surface area (Å²) in [5.41, 5.74) is 0.539. The predicted molar refractivity (Wildman–Crippen MR) is 104 cm³/mol. The number of carbonyl (C=O) groups excluding carboxylic acids is 1. The molecule has 1 saturated heterocycles. The van der Waals surface area contributed by atoms with Crippen molar-refractivity contribution in [1.29, 1.82) is 0 Å². The molecule has 0 bridgehead atoms. The van der Waals surface area contributed by atoms with E-state index >= 15 is 0 Å². The number of hydrogen-bond donors (Lipinski definition) is 1. The maximum Gasteiger partial charge on any atom is 0.229 e. The molecule has 1 aromatic heterocycles. The Morgan fingerprint density at radius 3 is 2.56 bits per heavy atom. The fourth-order valence-electron chi connectivity index (χ4n) is 2.83. The van der Waals surface area contributed by atoms with Crippen LogP contribution >= 0.6 is 23.1 Å². The predicted octanol–water partition coefficient (Wildman–Crippen LogP) is 2.58. The first-order valence-corrected chi connectivity index (χ1v) is 11.9. The number of sulfonamides is 1. The van der Waals surface area contributed by atoms with Crippen molar-refractivity contribution in [3.63, 3.8) is 0 Å². The lowest BCUT2D eigenvalue weighted by molar-refractivity contribution is -0.120. The van der Waals surface area contributed by atoms with Crippen LogP contribution in [0.3, 0.4) is 0 Å². The van der Waals surface area contributed by atoms with Crippen molar-refractivity contribution in [2.24, 2.45) is 5.92 Å². The third-order valence-corrected chi connectivity index (χ3v) is 7.96. The summed E-state index contributed by atoms with van der Waals surface area (Å²) in [7, 11) is -3.50. The van der Waals surface area contributed by atoms with Gasteiger partial charge in [-0.3, -0.25) is 4.79 Å². The number of piperidine rings is 1. The molecule has 2 aromatic rings. The Morgan fingerprint density at radius 1 is 1.30 bits per heavy atom. The lowest BCUT2D eigenvalue weighted by atomic mass is 9.97. The Balaban J connectivity index is 1.54. The third-order valence-electron chi connectivity index (χ3n) is 4.29. The molecular weight excluding hydrogens is 411 g/mol. The van der Waals surface area contributed by atoms with Gasteiger partial charge in [0.25, 0.3) is 0 Å². The average Bonchev–Trinajstić information content (AvgIpc) is 3.11. The standard InChI is InChI=1S/C16H19FN4O3S3/c1-25-16-20-19-15(26-16)18-14(22)12-6-8-21(9-7-12)27(23,24)10-11-2-4-13(17)5-3-11/h2-5,12H,6-10H2,1H3,(H,18,19,22). The average molecular weight is 431 g/mol. The van der Waals surface area contributed by atoms with Crippen LogP contribution in [-0.4, -0.2) is 48.2 Å². The molecule has 1 aliphatic rings. The highest BCUT2D eigenvalue weighted by molar-refractivity contribution is 8.00. The van der Waals surface area contributed by atoms with Crippen molar-refractivity contribution in [3.05, 3.63) is 35.6 Å². The van der Waals surface area contributed by atoms with E-state index in [0.29, 0.717) is 23.5 Å². The molecule has 11 heteroatoms. The van der Waals surface area contributed by atoms with Crippen LogP contribution < -0.4 is 5.32 Å². The molecule has 0 unspecified atom stereocenters. The van der Waals surface area contributed by atoms with E-state index in [1.165, 1.54) is 51.7 Å². The summed E-state index contributed by atoms with van der Waals surface area (Å²) in [5.74, 6) is -0.992. The molecule has 7 nitrogen and oxygen atoms in total. The van der Waals surface area contributed by atoms with Crippen molar-refractivity contribution in [2.45, 2.75) is 22.9 Å². The molecule has 0 aliphatic carbocycles. The molecule has 27 heavy (non-hydrogen) atoms. The van der Waals surface area contributed by atoms with Gasteiger partial charge in [0.2, 0.25) is 21.1 Å². The second kappa shape index (κ2) is 8.63.